The summed E-state index contributed by atoms with van der Waals surface area (Å²) in [4.78, 5) is 2.69. The van der Waals surface area contributed by atoms with Crippen LogP contribution in [-0.4, -0.2) is 46.0 Å². The molecule has 0 amide bonds. The Morgan fingerprint density at radius 1 is 1.09 bits per heavy atom. The van der Waals surface area contributed by atoms with E-state index in [2.05, 4.69) is 16.9 Å². The van der Waals surface area contributed by atoms with Crippen LogP contribution in [0, 0.1) is 11.8 Å². The summed E-state index contributed by atoms with van der Waals surface area (Å²) in [5.41, 5.74) is 0.853. The molecular formula is C26H39F2N3O. The minimum absolute atomic E-state index is 0.0516. The zero-order valence-corrected chi connectivity index (χ0v) is 20.1. The van der Waals surface area contributed by atoms with Gasteiger partial charge in [-0.1, -0.05) is 32.9 Å². The molecule has 0 N–H and O–H groups in total. The lowest BCUT2D eigenvalue weighted by Gasteiger charge is -2.40. The fourth-order valence-electron chi connectivity index (χ4n) is 5.42. The van der Waals surface area contributed by atoms with Gasteiger partial charge in [-0.3, -0.25) is 9.58 Å². The Kier molecular flexibility index (Phi) is 7.21. The molecule has 0 radical (unpaired) electrons. The summed E-state index contributed by atoms with van der Waals surface area (Å²) >= 11 is 0. The van der Waals surface area contributed by atoms with Crippen LogP contribution in [0.4, 0.5) is 8.78 Å². The highest BCUT2D eigenvalue weighted by atomic mass is 19.3. The molecule has 3 fully saturated rings. The van der Waals surface area contributed by atoms with E-state index in [1.165, 1.54) is 31.7 Å². The van der Waals surface area contributed by atoms with E-state index in [4.69, 9.17) is 4.74 Å². The summed E-state index contributed by atoms with van der Waals surface area (Å²) in [6.07, 6.45) is 9.81. The van der Waals surface area contributed by atoms with Gasteiger partial charge >= 0.3 is 0 Å². The number of hydrogen-bond donors (Lipinski definition) is 0. The van der Waals surface area contributed by atoms with Gasteiger partial charge in [0.1, 0.15) is 0 Å². The summed E-state index contributed by atoms with van der Waals surface area (Å²) in [5, 5.41) is 5.42. The zero-order chi connectivity index (χ0) is 22.9. The molecule has 178 valence electrons. The maximum atomic E-state index is 13.8. The van der Waals surface area contributed by atoms with Crippen LogP contribution >= 0.6 is 0 Å². The van der Waals surface area contributed by atoms with Crippen molar-refractivity contribution in [3.8, 4) is 0 Å². The van der Waals surface area contributed by atoms with Gasteiger partial charge in [-0.25, -0.2) is 8.78 Å². The summed E-state index contributed by atoms with van der Waals surface area (Å²) in [6, 6.07) is 6.13. The van der Waals surface area contributed by atoms with Crippen molar-refractivity contribution in [2.75, 3.05) is 13.2 Å². The topological polar surface area (TPSA) is 30.3 Å². The van der Waals surface area contributed by atoms with Crippen LogP contribution < -0.4 is 0 Å². The Hall–Kier alpha value is -1.53. The number of nitrogens with zero attached hydrogens (tertiary/aromatic N) is 3. The smallest absolute Gasteiger partial charge is 0.270 e. The molecule has 3 aliphatic rings. The van der Waals surface area contributed by atoms with Crippen molar-refractivity contribution >= 4 is 10.9 Å². The summed E-state index contributed by atoms with van der Waals surface area (Å²) < 4.78 is 35.7. The van der Waals surface area contributed by atoms with Crippen molar-refractivity contribution in [1.29, 1.82) is 0 Å². The van der Waals surface area contributed by atoms with Crippen molar-refractivity contribution in [3.05, 3.63) is 30.0 Å². The molecule has 0 spiro atoms. The first-order valence-corrected chi connectivity index (χ1v) is 12.6. The molecule has 1 aliphatic carbocycles. The summed E-state index contributed by atoms with van der Waals surface area (Å²) in [6.45, 7) is 9.95. The van der Waals surface area contributed by atoms with Crippen LogP contribution in [0.3, 0.4) is 0 Å². The molecule has 32 heavy (non-hydrogen) atoms. The number of alkyl halides is 2. The molecule has 1 unspecified atom stereocenters. The van der Waals surface area contributed by atoms with Crippen LogP contribution in [0.15, 0.2) is 24.4 Å². The number of halogens is 2. The third-order valence-electron chi connectivity index (χ3n) is 7.26. The highest BCUT2D eigenvalue weighted by Gasteiger charge is 2.41. The number of benzene rings is 1. The number of hydrogen-bond acceptors (Lipinski definition) is 3. The summed E-state index contributed by atoms with van der Waals surface area (Å²) in [5.74, 6) is -1.59. The Morgan fingerprint density at radius 3 is 2.41 bits per heavy atom. The highest BCUT2D eigenvalue weighted by Crippen LogP contribution is 2.39. The van der Waals surface area contributed by atoms with E-state index in [1.807, 2.05) is 18.5 Å². The van der Waals surface area contributed by atoms with Gasteiger partial charge in [0.2, 0.25) is 0 Å². The van der Waals surface area contributed by atoms with Gasteiger partial charge in [0.15, 0.2) is 0 Å². The minimum Gasteiger partial charge on any atom is -0.378 e. The average molecular weight is 448 g/mol. The van der Waals surface area contributed by atoms with Gasteiger partial charge < -0.3 is 4.74 Å². The summed E-state index contributed by atoms with van der Waals surface area (Å²) in [7, 11) is 0. The van der Waals surface area contributed by atoms with Crippen molar-refractivity contribution < 1.29 is 13.5 Å². The van der Waals surface area contributed by atoms with Gasteiger partial charge in [-0.05, 0) is 56.4 Å². The number of aromatic nitrogens is 2. The number of ether oxygens (including phenoxy) is 1. The normalized spacial score (nSPS) is 26.8. The molecule has 2 aromatic rings. The van der Waals surface area contributed by atoms with E-state index in [0.717, 1.165) is 56.3 Å². The maximum absolute atomic E-state index is 13.8. The van der Waals surface area contributed by atoms with E-state index >= 15 is 0 Å². The molecule has 2 aliphatic heterocycles. The predicted molar refractivity (Wildman–Crippen MR) is 125 cm³/mol. The van der Waals surface area contributed by atoms with Gasteiger partial charge in [0.25, 0.3) is 5.92 Å². The van der Waals surface area contributed by atoms with Crippen LogP contribution in [-0.2, 0) is 17.2 Å². The zero-order valence-electron chi connectivity index (χ0n) is 20.1. The number of fused-ring (bicyclic) bond motifs is 3. The predicted octanol–water partition coefficient (Wildman–Crippen LogP) is 6.23. The molecule has 3 heterocycles. The standard InChI is InChI=1S/C24H33F2N3O.C2H6/c1-16(14-29-23-9-19(24(2,25)26)6-5-18(23)12-27-29)13-28-20-7-8-21(28)11-22(10-20)30-15-17-3-4-17;1-2/h5-6,9,12,16-17,20-22H,3-4,7-8,10-11,13-15H2,1-2H3;1-2H3/t16-,20-,21+,22?;/m1./s1. The first-order valence-electron chi connectivity index (χ1n) is 12.6. The number of piperidine rings is 1. The van der Waals surface area contributed by atoms with Gasteiger partial charge in [0.05, 0.1) is 17.8 Å². The first kappa shape index (κ1) is 23.6. The lowest BCUT2D eigenvalue weighted by Crippen LogP contribution is -2.47. The van der Waals surface area contributed by atoms with Gasteiger partial charge in [-0.15, -0.1) is 0 Å². The van der Waals surface area contributed by atoms with Crippen molar-refractivity contribution in [2.24, 2.45) is 11.8 Å². The second-order valence-corrected chi connectivity index (χ2v) is 10.0. The Balaban J connectivity index is 0.00000119. The van der Waals surface area contributed by atoms with E-state index in [9.17, 15) is 8.78 Å². The molecular weight excluding hydrogens is 408 g/mol. The third-order valence-corrected chi connectivity index (χ3v) is 7.26. The van der Waals surface area contributed by atoms with Crippen molar-refractivity contribution in [1.82, 2.24) is 14.7 Å². The molecule has 4 nitrogen and oxygen atoms in total. The lowest BCUT2D eigenvalue weighted by molar-refractivity contribution is -0.0276. The maximum Gasteiger partial charge on any atom is 0.270 e. The fourth-order valence-corrected chi connectivity index (χ4v) is 5.42. The Labute approximate surface area is 191 Å². The van der Waals surface area contributed by atoms with E-state index in [0.29, 0.717) is 24.1 Å². The quantitative estimate of drug-likeness (QED) is 0.480. The highest BCUT2D eigenvalue weighted by molar-refractivity contribution is 5.79. The molecule has 1 aromatic carbocycles. The Bertz CT molecular complexity index is 875. The van der Waals surface area contributed by atoms with Gasteiger partial charge in [-0.2, -0.15) is 5.10 Å². The van der Waals surface area contributed by atoms with Crippen molar-refractivity contribution in [2.45, 2.75) is 96.9 Å². The van der Waals surface area contributed by atoms with E-state index in [1.54, 1.807) is 18.3 Å². The molecule has 2 saturated heterocycles. The fraction of sp³-hybridized carbons (Fsp3) is 0.731. The van der Waals surface area contributed by atoms with Crippen LogP contribution in [0.2, 0.25) is 0 Å². The largest absolute Gasteiger partial charge is 0.378 e. The molecule has 2 bridgehead atoms. The third kappa shape index (κ3) is 5.33. The molecule has 4 atom stereocenters. The number of rotatable bonds is 8. The Morgan fingerprint density at radius 2 is 1.78 bits per heavy atom. The van der Waals surface area contributed by atoms with E-state index < -0.39 is 5.92 Å². The second-order valence-electron chi connectivity index (χ2n) is 10.0. The van der Waals surface area contributed by atoms with Crippen LogP contribution in [0.25, 0.3) is 10.9 Å². The van der Waals surface area contributed by atoms with E-state index in [-0.39, 0.29) is 5.56 Å². The first-order chi connectivity index (χ1) is 15.4. The SMILES string of the molecule is CC.C[C@H](CN1[C@@H]2CC[C@H]1CC(OCC1CC1)C2)Cn1ncc2ccc(C(C)(F)F)cc21. The molecule has 6 heteroatoms. The molecule has 1 aromatic heterocycles. The molecule has 1 saturated carbocycles. The second kappa shape index (κ2) is 9.76. The van der Waals surface area contributed by atoms with Crippen molar-refractivity contribution in [3.63, 3.8) is 0 Å². The lowest BCUT2D eigenvalue weighted by atomic mass is 9.98. The van der Waals surface area contributed by atoms with Crippen LogP contribution in [0.1, 0.15) is 71.8 Å². The monoisotopic (exact) mass is 447 g/mol. The average Bonchev–Trinajstić information content (AvgIpc) is 3.48. The minimum atomic E-state index is -2.83. The molecule has 5 rings (SSSR count). The van der Waals surface area contributed by atoms with Gasteiger partial charge in [0, 0.05) is 49.7 Å². The van der Waals surface area contributed by atoms with Crippen LogP contribution in [0.5, 0.6) is 0 Å².